The highest BCUT2D eigenvalue weighted by Gasteiger charge is 2.27. The van der Waals surface area contributed by atoms with E-state index in [1.54, 1.807) is 6.07 Å². The Bertz CT molecular complexity index is 740. The molecule has 0 spiro atoms. The Morgan fingerprint density at radius 1 is 1.43 bits per heavy atom. The van der Waals surface area contributed by atoms with Crippen molar-refractivity contribution in [3.8, 4) is 0 Å². The minimum Gasteiger partial charge on any atom is -0.480 e. The normalized spacial score (nSPS) is 13.4. The average Bonchev–Trinajstić information content (AvgIpc) is 2.91. The molecule has 2 aromatic rings. The number of carbonyl (C=O) groups is 1. The molecule has 0 aliphatic carbocycles. The van der Waals surface area contributed by atoms with E-state index in [1.807, 2.05) is 6.92 Å². The monoisotopic (exact) mass is 313 g/mol. The van der Waals surface area contributed by atoms with Crippen LogP contribution in [0.2, 0.25) is 0 Å². The number of hydrogen-bond acceptors (Lipinski definition) is 6. The highest BCUT2D eigenvalue weighted by molar-refractivity contribution is 7.89. The van der Waals surface area contributed by atoms with Crippen LogP contribution in [0.3, 0.4) is 0 Å². The Hall–Kier alpha value is -2.00. The first kappa shape index (κ1) is 15.4. The molecule has 0 amide bonds. The lowest BCUT2D eigenvalue weighted by atomic mass is 10.1. The summed E-state index contributed by atoms with van der Waals surface area (Å²) in [5.41, 5.74) is 0.364. The van der Waals surface area contributed by atoms with Gasteiger partial charge in [-0.3, -0.25) is 4.79 Å². The van der Waals surface area contributed by atoms with E-state index in [2.05, 4.69) is 19.7 Å². The molecule has 0 aliphatic rings. The van der Waals surface area contributed by atoms with Gasteiger partial charge in [0.15, 0.2) is 5.52 Å². The number of carboxylic acids is 1. The van der Waals surface area contributed by atoms with Gasteiger partial charge in [-0.05, 0) is 28.9 Å². The van der Waals surface area contributed by atoms with Crippen molar-refractivity contribution in [2.45, 2.75) is 37.1 Å². The first-order chi connectivity index (χ1) is 9.95. The van der Waals surface area contributed by atoms with Gasteiger partial charge in [-0.2, -0.15) is 4.72 Å². The van der Waals surface area contributed by atoms with E-state index in [0.717, 1.165) is 6.42 Å². The van der Waals surface area contributed by atoms with Gasteiger partial charge in [-0.15, -0.1) is 0 Å². The molecule has 9 heteroatoms. The molecule has 0 saturated heterocycles. The zero-order valence-corrected chi connectivity index (χ0v) is 12.1. The van der Waals surface area contributed by atoms with E-state index in [-0.39, 0.29) is 16.8 Å². The molecule has 1 aromatic heterocycles. The maximum absolute atomic E-state index is 12.3. The molecule has 21 heavy (non-hydrogen) atoms. The second-order valence-corrected chi connectivity index (χ2v) is 6.22. The lowest BCUT2D eigenvalue weighted by Gasteiger charge is -2.14. The quantitative estimate of drug-likeness (QED) is 0.785. The number of unbranched alkanes of at least 4 members (excludes halogenated alkanes) is 1. The van der Waals surface area contributed by atoms with Crippen LogP contribution in [0.25, 0.3) is 11.0 Å². The Morgan fingerprint density at radius 2 is 2.19 bits per heavy atom. The number of nitrogens with one attached hydrogen (secondary N) is 1. The molecular formula is C12H15N3O5S. The summed E-state index contributed by atoms with van der Waals surface area (Å²) in [5, 5.41) is 16.2. The molecule has 114 valence electrons. The Kier molecular flexibility index (Phi) is 4.53. The summed E-state index contributed by atoms with van der Waals surface area (Å²) in [6.07, 6.45) is 1.60. The van der Waals surface area contributed by atoms with Crippen LogP contribution in [-0.2, 0) is 14.8 Å². The maximum Gasteiger partial charge on any atom is 0.321 e. The molecule has 0 saturated carbocycles. The van der Waals surface area contributed by atoms with Gasteiger partial charge >= 0.3 is 5.97 Å². The lowest BCUT2D eigenvalue weighted by Crippen LogP contribution is -2.40. The number of nitrogens with zero attached hydrogens (tertiary/aromatic N) is 2. The third-order valence-corrected chi connectivity index (χ3v) is 4.48. The predicted molar refractivity (Wildman–Crippen MR) is 73.1 cm³/mol. The lowest BCUT2D eigenvalue weighted by molar-refractivity contribution is -0.139. The Morgan fingerprint density at radius 3 is 2.86 bits per heavy atom. The Balaban J connectivity index is 2.33. The maximum atomic E-state index is 12.3. The van der Waals surface area contributed by atoms with E-state index in [1.165, 1.54) is 12.1 Å². The van der Waals surface area contributed by atoms with E-state index in [9.17, 15) is 13.2 Å². The van der Waals surface area contributed by atoms with Gasteiger partial charge in [0, 0.05) is 0 Å². The van der Waals surface area contributed by atoms with Crippen molar-refractivity contribution in [1.82, 2.24) is 15.0 Å². The van der Waals surface area contributed by atoms with Crippen molar-refractivity contribution >= 4 is 27.0 Å². The van der Waals surface area contributed by atoms with Crippen LogP contribution >= 0.6 is 0 Å². The Labute approximate surface area is 121 Å². The molecule has 0 bridgehead atoms. The van der Waals surface area contributed by atoms with Crippen molar-refractivity contribution in [2.24, 2.45) is 0 Å². The van der Waals surface area contributed by atoms with Gasteiger partial charge in [-0.1, -0.05) is 25.8 Å². The molecule has 0 aliphatic heterocycles. The summed E-state index contributed by atoms with van der Waals surface area (Å²) in [5.74, 6) is -1.21. The molecule has 1 atom stereocenters. The molecule has 0 fully saturated rings. The molecule has 2 N–H and O–H groups in total. The summed E-state index contributed by atoms with van der Waals surface area (Å²) < 4.78 is 31.4. The zero-order valence-electron chi connectivity index (χ0n) is 11.3. The minimum atomic E-state index is -4.02. The fourth-order valence-electron chi connectivity index (χ4n) is 1.89. The molecule has 2 rings (SSSR count). The van der Waals surface area contributed by atoms with Crippen LogP contribution < -0.4 is 4.72 Å². The number of benzene rings is 1. The third kappa shape index (κ3) is 3.37. The number of aliphatic carboxylic acids is 1. The van der Waals surface area contributed by atoms with Crippen LogP contribution in [0, 0.1) is 0 Å². The molecule has 0 unspecified atom stereocenters. The van der Waals surface area contributed by atoms with Crippen LogP contribution in [0.4, 0.5) is 0 Å². The van der Waals surface area contributed by atoms with E-state index < -0.39 is 22.0 Å². The minimum absolute atomic E-state index is 0.0737. The van der Waals surface area contributed by atoms with E-state index in [4.69, 9.17) is 5.11 Å². The van der Waals surface area contributed by atoms with E-state index >= 15 is 0 Å². The molecule has 1 aromatic carbocycles. The van der Waals surface area contributed by atoms with Crippen molar-refractivity contribution in [2.75, 3.05) is 0 Å². The molecule has 1 heterocycles. The fraction of sp³-hybridized carbons (Fsp3) is 0.417. The molecular weight excluding hydrogens is 298 g/mol. The van der Waals surface area contributed by atoms with E-state index in [0.29, 0.717) is 11.9 Å². The highest BCUT2D eigenvalue weighted by atomic mass is 32.2. The van der Waals surface area contributed by atoms with Gasteiger partial charge in [-0.25, -0.2) is 13.0 Å². The van der Waals surface area contributed by atoms with Gasteiger partial charge < -0.3 is 5.11 Å². The zero-order chi connectivity index (χ0) is 15.5. The number of carboxylic acid groups (broad SMARTS) is 1. The van der Waals surface area contributed by atoms with Crippen LogP contribution in [0.1, 0.15) is 26.2 Å². The first-order valence-electron chi connectivity index (χ1n) is 6.42. The number of sulfonamides is 1. The van der Waals surface area contributed by atoms with Gasteiger partial charge in [0.1, 0.15) is 16.5 Å². The van der Waals surface area contributed by atoms with Crippen LogP contribution in [0.15, 0.2) is 27.7 Å². The second kappa shape index (κ2) is 6.19. The average molecular weight is 313 g/mol. The van der Waals surface area contributed by atoms with Crippen molar-refractivity contribution in [3.63, 3.8) is 0 Å². The molecule has 8 nitrogen and oxygen atoms in total. The number of fused-ring (bicyclic) bond motifs is 1. The first-order valence-corrected chi connectivity index (χ1v) is 7.90. The predicted octanol–water partition coefficient (Wildman–Crippen LogP) is 1.14. The number of hydrogen-bond donors (Lipinski definition) is 2. The summed E-state index contributed by atoms with van der Waals surface area (Å²) >= 11 is 0. The number of rotatable bonds is 7. The standard InChI is InChI=1S/C12H15N3O5S/c1-2-3-5-9(12(16)17)15-21(18,19)10-7-4-6-8-11(10)14-20-13-8/h4,6-7,9,15H,2-3,5H2,1H3,(H,16,17)/t9-/m0/s1. The fourth-order valence-corrected chi connectivity index (χ4v) is 3.26. The van der Waals surface area contributed by atoms with Crippen molar-refractivity contribution < 1.29 is 22.9 Å². The third-order valence-electron chi connectivity index (χ3n) is 2.98. The highest BCUT2D eigenvalue weighted by Crippen LogP contribution is 2.20. The summed E-state index contributed by atoms with van der Waals surface area (Å²) in [6.45, 7) is 1.90. The molecule has 0 radical (unpaired) electrons. The largest absolute Gasteiger partial charge is 0.480 e. The number of aromatic nitrogens is 2. The van der Waals surface area contributed by atoms with Crippen molar-refractivity contribution in [3.05, 3.63) is 18.2 Å². The summed E-state index contributed by atoms with van der Waals surface area (Å²) in [7, 11) is -4.02. The second-order valence-electron chi connectivity index (χ2n) is 4.54. The van der Waals surface area contributed by atoms with Crippen LogP contribution in [0.5, 0.6) is 0 Å². The van der Waals surface area contributed by atoms with Crippen LogP contribution in [-0.4, -0.2) is 35.8 Å². The van der Waals surface area contributed by atoms with Gasteiger partial charge in [0.2, 0.25) is 10.0 Å². The smallest absolute Gasteiger partial charge is 0.321 e. The van der Waals surface area contributed by atoms with Crippen molar-refractivity contribution in [1.29, 1.82) is 0 Å². The SMILES string of the molecule is CCCC[C@H](NS(=O)(=O)c1cccc2nonc12)C(=O)O. The van der Waals surface area contributed by atoms with Gasteiger partial charge in [0.25, 0.3) is 0 Å². The topological polar surface area (TPSA) is 122 Å². The summed E-state index contributed by atoms with van der Waals surface area (Å²) in [4.78, 5) is 11.0. The summed E-state index contributed by atoms with van der Waals surface area (Å²) in [6, 6.07) is 3.19. The van der Waals surface area contributed by atoms with Gasteiger partial charge in [0.05, 0.1) is 0 Å².